The van der Waals surface area contributed by atoms with Crippen LogP contribution in [0.15, 0.2) is 35.2 Å². The number of unbranched alkanes of at least 4 members (excludes halogenated alkanes) is 4. The predicted octanol–water partition coefficient (Wildman–Crippen LogP) is 3.40. The molecule has 5 nitrogen and oxygen atoms in total. The monoisotopic (exact) mass is 344 g/mol. The molecule has 0 radical (unpaired) electrons. The van der Waals surface area contributed by atoms with E-state index in [0.717, 1.165) is 13.0 Å². The summed E-state index contributed by atoms with van der Waals surface area (Å²) < 4.78 is 39.3. The first-order chi connectivity index (χ1) is 11.2. The summed E-state index contributed by atoms with van der Waals surface area (Å²) in [5, 5.41) is 0. The van der Waals surface area contributed by atoms with Gasteiger partial charge in [-0.2, -0.15) is 8.42 Å². The fourth-order valence-corrected chi connectivity index (χ4v) is 2.90. The summed E-state index contributed by atoms with van der Waals surface area (Å²) in [6.07, 6.45) is 6.09. The van der Waals surface area contributed by atoms with Gasteiger partial charge in [-0.3, -0.25) is 4.18 Å². The summed E-state index contributed by atoms with van der Waals surface area (Å²) in [6.45, 7) is 4.16. The highest BCUT2D eigenvalue weighted by Crippen LogP contribution is 2.10. The van der Waals surface area contributed by atoms with Crippen molar-refractivity contribution in [2.45, 2.75) is 43.9 Å². The Hall–Kier alpha value is -0.950. The maximum absolute atomic E-state index is 11.8. The van der Waals surface area contributed by atoms with Crippen molar-refractivity contribution >= 4 is 10.1 Å². The lowest BCUT2D eigenvalue weighted by Crippen LogP contribution is -2.13. The minimum atomic E-state index is -3.68. The van der Waals surface area contributed by atoms with E-state index in [1.165, 1.54) is 37.8 Å². The molecular formula is C17H28O5S. The van der Waals surface area contributed by atoms with Crippen LogP contribution in [0.1, 0.15) is 39.0 Å². The van der Waals surface area contributed by atoms with Gasteiger partial charge in [0.2, 0.25) is 0 Å². The molecule has 0 aromatic heterocycles. The molecule has 6 heteroatoms. The Morgan fingerprint density at radius 1 is 0.783 bits per heavy atom. The van der Waals surface area contributed by atoms with Gasteiger partial charge in [-0.05, 0) is 18.6 Å². The van der Waals surface area contributed by atoms with E-state index in [9.17, 15) is 8.42 Å². The molecule has 0 aliphatic heterocycles. The van der Waals surface area contributed by atoms with Crippen LogP contribution in [0.5, 0.6) is 0 Å². The molecule has 1 aromatic carbocycles. The average Bonchev–Trinajstić information content (AvgIpc) is 2.56. The van der Waals surface area contributed by atoms with E-state index in [4.69, 9.17) is 13.7 Å². The third-order valence-electron chi connectivity index (χ3n) is 3.26. The quantitative estimate of drug-likeness (QED) is 0.382. The van der Waals surface area contributed by atoms with Gasteiger partial charge in [-0.15, -0.1) is 0 Å². The second-order valence-corrected chi connectivity index (χ2v) is 6.84. The van der Waals surface area contributed by atoms with Crippen molar-refractivity contribution in [3.63, 3.8) is 0 Å². The van der Waals surface area contributed by atoms with E-state index < -0.39 is 10.1 Å². The zero-order valence-electron chi connectivity index (χ0n) is 13.9. The second kappa shape index (κ2) is 12.5. The number of benzene rings is 1. The van der Waals surface area contributed by atoms with Crippen LogP contribution in [0, 0.1) is 0 Å². The number of ether oxygens (including phenoxy) is 2. The normalized spacial score (nSPS) is 11.7. The lowest BCUT2D eigenvalue weighted by Gasteiger charge is -2.07. The lowest BCUT2D eigenvalue weighted by atomic mass is 10.2. The van der Waals surface area contributed by atoms with E-state index in [1.807, 2.05) is 0 Å². The summed E-state index contributed by atoms with van der Waals surface area (Å²) >= 11 is 0. The van der Waals surface area contributed by atoms with E-state index in [2.05, 4.69) is 6.92 Å². The molecule has 0 aliphatic rings. The maximum atomic E-state index is 11.8. The van der Waals surface area contributed by atoms with Crippen molar-refractivity contribution in [2.24, 2.45) is 0 Å². The Morgan fingerprint density at radius 3 is 2.09 bits per heavy atom. The maximum Gasteiger partial charge on any atom is 0.297 e. The molecule has 1 rings (SSSR count). The molecule has 0 unspecified atom stereocenters. The molecule has 0 spiro atoms. The van der Waals surface area contributed by atoms with Gasteiger partial charge in [0.15, 0.2) is 0 Å². The minimum absolute atomic E-state index is 0.00818. The van der Waals surface area contributed by atoms with Crippen LogP contribution in [0.2, 0.25) is 0 Å². The highest BCUT2D eigenvalue weighted by atomic mass is 32.2. The molecule has 0 amide bonds. The highest BCUT2D eigenvalue weighted by molar-refractivity contribution is 7.86. The minimum Gasteiger partial charge on any atom is -0.379 e. The van der Waals surface area contributed by atoms with Gasteiger partial charge >= 0.3 is 0 Å². The summed E-state index contributed by atoms with van der Waals surface area (Å²) in [6, 6.07) is 8.08. The topological polar surface area (TPSA) is 61.8 Å². The van der Waals surface area contributed by atoms with Crippen molar-refractivity contribution in [1.82, 2.24) is 0 Å². The van der Waals surface area contributed by atoms with Crippen LogP contribution in [0.25, 0.3) is 0 Å². The number of hydrogen-bond acceptors (Lipinski definition) is 5. The van der Waals surface area contributed by atoms with Crippen LogP contribution in [0.3, 0.4) is 0 Å². The van der Waals surface area contributed by atoms with Gasteiger partial charge in [0.25, 0.3) is 10.1 Å². The van der Waals surface area contributed by atoms with E-state index in [0.29, 0.717) is 13.2 Å². The summed E-state index contributed by atoms with van der Waals surface area (Å²) in [5.74, 6) is 0. The Balaban J connectivity index is 1.96. The van der Waals surface area contributed by atoms with Crippen LogP contribution < -0.4 is 0 Å². The first kappa shape index (κ1) is 20.1. The molecule has 0 saturated carbocycles. The molecule has 0 atom stereocenters. The summed E-state index contributed by atoms with van der Waals surface area (Å²) in [5.41, 5.74) is 0. The Labute approximate surface area is 140 Å². The van der Waals surface area contributed by atoms with E-state index in [1.54, 1.807) is 18.2 Å². The Morgan fingerprint density at radius 2 is 1.39 bits per heavy atom. The first-order valence-corrected chi connectivity index (χ1v) is 9.67. The second-order valence-electron chi connectivity index (χ2n) is 5.23. The number of hydrogen-bond donors (Lipinski definition) is 0. The predicted molar refractivity (Wildman–Crippen MR) is 90.0 cm³/mol. The molecule has 23 heavy (non-hydrogen) atoms. The van der Waals surface area contributed by atoms with Crippen LogP contribution in [-0.2, 0) is 23.8 Å². The Bertz CT molecular complexity index is 487. The largest absolute Gasteiger partial charge is 0.379 e. The van der Waals surface area contributed by atoms with Gasteiger partial charge in [0, 0.05) is 6.61 Å². The van der Waals surface area contributed by atoms with Crippen molar-refractivity contribution in [3.8, 4) is 0 Å². The van der Waals surface area contributed by atoms with Crippen LogP contribution in [0.4, 0.5) is 0 Å². The van der Waals surface area contributed by atoms with E-state index >= 15 is 0 Å². The zero-order valence-corrected chi connectivity index (χ0v) is 14.7. The van der Waals surface area contributed by atoms with Crippen LogP contribution in [-0.4, -0.2) is 41.5 Å². The fraction of sp³-hybridized carbons (Fsp3) is 0.647. The van der Waals surface area contributed by atoms with Gasteiger partial charge in [0.05, 0.1) is 31.3 Å². The molecular weight excluding hydrogens is 316 g/mol. The fourth-order valence-electron chi connectivity index (χ4n) is 1.99. The Kier molecular flexibility index (Phi) is 10.9. The molecule has 0 N–H and O–H groups in total. The third-order valence-corrected chi connectivity index (χ3v) is 4.59. The van der Waals surface area contributed by atoms with Crippen molar-refractivity contribution in [1.29, 1.82) is 0 Å². The van der Waals surface area contributed by atoms with Gasteiger partial charge in [0.1, 0.15) is 0 Å². The third kappa shape index (κ3) is 9.71. The van der Waals surface area contributed by atoms with E-state index in [-0.39, 0.29) is 18.1 Å². The SMILES string of the molecule is CCCCCCCOCCOCCOS(=O)(=O)c1ccccc1. The molecule has 0 heterocycles. The highest BCUT2D eigenvalue weighted by Gasteiger charge is 2.13. The average molecular weight is 344 g/mol. The first-order valence-electron chi connectivity index (χ1n) is 8.27. The molecule has 1 aromatic rings. The standard InChI is InChI=1S/C17H28O5S/c1-2-3-4-5-9-12-20-13-14-21-15-16-22-23(18,19)17-10-7-6-8-11-17/h6-8,10-11H,2-5,9,12-16H2,1H3. The van der Waals surface area contributed by atoms with Gasteiger partial charge < -0.3 is 9.47 Å². The number of rotatable bonds is 14. The lowest BCUT2D eigenvalue weighted by molar-refractivity contribution is 0.0359. The molecule has 0 saturated heterocycles. The molecule has 0 bridgehead atoms. The smallest absolute Gasteiger partial charge is 0.297 e. The molecule has 0 aliphatic carbocycles. The van der Waals surface area contributed by atoms with Crippen molar-refractivity contribution < 1.29 is 22.1 Å². The zero-order chi connectivity index (χ0) is 16.8. The van der Waals surface area contributed by atoms with Gasteiger partial charge in [-0.1, -0.05) is 50.8 Å². The van der Waals surface area contributed by atoms with Gasteiger partial charge in [-0.25, -0.2) is 0 Å². The molecule has 132 valence electrons. The molecule has 0 fully saturated rings. The summed E-state index contributed by atoms with van der Waals surface area (Å²) in [7, 11) is -3.68. The summed E-state index contributed by atoms with van der Waals surface area (Å²) in [4.78, 5) is 0.159. The van der Waals surface area contributed by atoms with Crippen LogP contribution >= 0.6 is 0 Å². The van der Waals surface area contributed by atoms with Crippen molar-refractivity contribution in [3.05, 3.63) is 30.3 Å². The van der Waals surface area contributed by atoms with Crippen molar-refractivity contribution in [2.75, 3.05) is 33.0 Å².